The molecule has 6 nitrogen and oxygen atoms in total. The molecule has 0 amide bonds. The Kier molecular flexibility index (Phi) is 8.22. The Balaban J connectivity index is 1.48. The summed E-state index contributed by atoms with van der Waals surface area (Å²) in [6.45, 7) is 14.2. The van der Waals surface area contributed by atoms with E-state index in [1.54, 1.807) is 13.8 Å². The molecule has 0 bridgehead atoms. The Bertz CT molecular complexity index is 874. The normalized spacial score (nSPS) is 24.0. The lowest BCUT2D eigenvalue weighted by Gasteiger charge is -2.33. The lowest BCUT2D eigenvalue weighted by Crippen LogP contribution is -2.42. The number of hydrogen-bond acceptors (Lipinski definition) is 6. The molecule has 6 heteroatoms. The zero-order valence-electron chi connectivity index (χ0n) is 21.4. The standard InChI is InChI=1S/C27H41NO5/c1-18-11-13-21(14-12-18)24-28-23(19(2)32-24)17-30-22-10-8-9-20(15-22)16-31-27(6,7)25(29)33-26(3,4)5/h11-13,20-22H,8-10,14-17H2,1-7H3. The predicted molar refractivity (Wildman–Crippen MR) is 128 cm³/mol. The number of hydrogen-bond donors (Lipinski definition) is 0. The zero-order chi connectivity index (χ0) is 24.2. The van der Waals surface area contributed by atoms with Gasteiger partial charge in [0.2, 0.25) is 5.89 Å². The fourth-order valence-electron chi connectivity index (χ4n) is 4.18. The maximum Gasteiger partial charge on any atom is 0.338 e. The van der Waals surface area contributed by atoms with Crippen molar-refractivity contribution in [3.05, 3.63) is 41.1 Å². The highest BCUT2D eigenvalue weighted by Crippen LogP contribution is 2.31. The Morgan fingerprint density at radius 1 is 1.18 bits per heavy atom. The number of esters is 1. The quantitative estimate of drug-likeness (QED) is 0.432. The average Bonchev–Trinajstić information content (AvgIpc) is 3.11. The molecular weight excluding hydrogens is 418 g/mol. The third-order valence-corrected chi connectivity index (χ3v) is 6.27. The topological polar surface area (TPSA) is 70.8 Å². The smallest absolute Gasteiger partial charge is 0.338 e. The first-order valence-electron chi connectivity index (χ1n) is 12.2. The van der Waals surface area contributed by atoms with Crippen molar-refractivity contribution in [2.75, 3.05) is 6.61 Å². The highest BCUT2D eigenvalue weighted by molar-refractivity contribution is 5.78. The molecule has 3 atom stereocenters. The number of aryl methyl sites for hydroxylation is 1. The molecule has 0 saturated heterocycles. The summed E-state index contributed by atoms with van der Waals surface area (Å²) in [5.41, 5.74) is 0.678. The minimum Gasteiger partial charge on any atom is -0.458 e. The minimum atomic E-state index is -0.962. The third-order valence-electron chi connectivity index (χ3n) is 6.27. The van der Waals surface area contributed by atoms with Gasteiger partial charge in [0.1, 0.15) is 17.1 Å². The SMILES string of the molecule is CC1=CCC(c2nc(COC3CCCC(COC(C)(C)C(=O)OC(C)(C)C)C3)c(C)o2)C=C1. The van der Waals surface area contributed by atoms with E-state index >= 15 is 0 Å². The number of aromatic nitrogens is 1. The Labute approximate surface area is 198 Å². The maximum atomic E-state index is 12.4. The minimum absolute atomic E-state index is 0.164. The van der Waals surface area contributed by atoms with Gasteiger partial charge in [-0.05, 0) is 80.1 Å². The van der Waals surface area contributed by atoms with Crippen LogP contribution >= 0.6 is 0 Å². The van der Waals surface area contributed by atoms with Crippen LogP contribution in [0.2, 0.25) is 0 Å². The van der Waals surface area contributed by atoms with Crippen molar-refractivity contribution in [2.24, 2.45) is 5.92 Å². The molecule has 0 radical (unpaired) electrons. The molecule has 3 unspecified atom stereocenters. The monoisotopic (exact) mass is 459 g/mol. The van der Waals surface area contributed by atoms with Crippen molar-refractivity contribution >= 4 is 5.97 Å². The van der Waals surface area contributed by atoms with Gasteiger partial charge in [-0.25, -0.2) is 9.78 Å². The van der Waals surface area contributed by atoms with E-state index in [4.69, 9.17) is 23.6 Å². The fourth-order valence-corrected chi connectivity index (χ4v) is 4.18. The first-order valence-corrected chi connectivity index (χ1v) is 12.2. The number of carbonyl (C=O) groups is 1. The molecule has 1 fully saturated rings. The Morgan fingerprint density at radius 3 is 2.61 bits per heavy atom. The van der Waals surface area contributed by atoms with Gasteiger partial charge in [-0.1, -0.05) is 30.2 Å². The molecule has 0 aromatic carbocycles. The van der Waals surface area contributed by atoms with Gasteiger partial charge in [-0.15, -0.1) is 0 Å². The average molecular weight is 460 g/mol. The first kappa shape index (κ1) is 25.7. The van der Waals surface area contributed by atoms with Crippen LogP contribution in [-0.4, -0.2) is 34.9 Å². The van der Waals surface area contributed by atoms with Crippen LogP contribution in [0.15, 0.2) is 28.2 Å². The van der Waals surface area contributed by atoms with Crippen LogP contribution in [0.5, 0.6) is 0 Å². The molecule has 0 aliphatic heterocycles. The molecule has 1 heterocycles. The summed E-state index contributed by atoms with van der Waals surface area (Å²) >= 11 is 0. The van der Waals surface area contributed by atoms with Crippen molar-refractivity contribution < 1.29 is 23.4 Å². The highest BCUT2D eigenvalue weighted by atomic mass is 16.6. The van der Waals surface area contributed by atoms with Crippen LogP contribution in [0.1, 0.15) is 96.9 Å². The Hall–Kier alpha value is -1.92. The van der Waals surface area contributed by atoms with E-state index in [0.29, 0.717) is 19.1 Å². The molecule has 2 aliphatic carbocycles. The third kappa shape index (κ3) is 7.54. The van der Waals surface area contributed by atoms with E-state index in [0.717, 1.165) is 49.4 Å². The highest BCUT2D eigenvalue weighted by Gasteiger charge is 2.35. The van der Waals surface area contributed by atoms with Crippen molar-refractivity contribution in [3.8, 4) is 0 Å². The summed E-state index contributed by atoms with van der Waals surface area (Å²) in [5.74, 6) is 1.84. The van der Waals surface area contributed by atoms with Gasteiger partial charge in [0.25, 0.3) is 0 Å². The van der Waals surface area contributed by atoms with Crippen LogP contribution in [0.4, 0.5) is 0 Å². The van der Waals surface area contributed by atoms with Crippen LogP contribution in [0.25, 0.3) is 0 Å². The van der Waals surface area contributed by atoms with Gasteiger partial charge in [0.05, 0.1) is 25.2 Å². The van der Waals surface area contributed by atoms with Gasteiger partial charge in [-0.3, -0.25) is 0 Å². The molecule has 1 aromatic rings. The number of nitrogens with zero attached hydrogens (tertiary/aromatic N) is 1. The van der Waals surface area contributed by atoms with Gasteiger partial charge >= 0.3 is 5.97 Å². The summed E-state index contributed by atoms with van der Waals surface area (Å²) < 4.78 is 23.7. The molecule has 0 spiro atoms. The lowest BCUT2D eigenvalue weighted by molar-refractivity contribution is -0.181. The van der Waals surface area contributed by atoms with E-state index in [1.807, 2.05) is 27.7 Å². The second kappa shape index (κ2) is 10.6. The number of carbonyl (C=O) groups excluding carboxylic acids is 1. The summed E-state index contributed by atoms with van der Waals surface area (Å²) in [6, 6.07) is 0. The van der Waals surface area contributed by atoms with E-state index in [1.165, 1.54) is 5.57 Å². The molecule has 184 valence electrons. The molecule has 1 saturated carbocycles. The molecule has 1 aromatic heterocycles. The summed E-state index contributed by atoms with van der Waals surface area (Å²) in [4.78, 5) is 17.2. The van der Waals surface area contributed by atoms with Gasteiger partial charge < -0.3 is 18.6 Å². The molecule has 2 aliphatic rings. The van der Waals surface area contributed by atoms with E-state index in [-0.39, 0.29) is 18.0 Å². The first-order chi connectivity index (χ1) is 15.4. The van der Waals surface area contributed by atoms with Crippen LogP contribution in [-0.2, 0) is 25.6 Å². The van der Waals surface area contributed by atoms with E-state index in [2.05, 4.69) is 25.2 Å². The van der Waals surface area contributed by atoms with Gasteiger partial charge in [-0.2, -0.15) is 0 Å². The Morgan fingerprint density at radius 2 is 1.94 bits per heavy atom. The van der Waals surface area contributed by atoms with Gasteiger partial charge in [0.15, 0.2) is 5.60 Å². The molecule has 3 rings (SSSR count). The maximum absolute atomic E-state index is 12.4. The van der Waals surface area contributed by atoms with Crippen molar-refractivity contribution in [2.45, 2.75) is 110 Å². The van der Waals surface area contributed by atoms with Crippen molar-refractivity contribution in [3.63, 3.8) is 0 Å². The summed E-state index contributed by atoms with van der Waals surface area (Å²) in [5, 5.41) is 0. The molecule has 0 N–H and O–H groups in total. The van der Waals surface area contributed by atoms with Gasteiger partial charge in [0, 0.05) is 0 Å². The predicted octanol–water partition coefficient (Wildman–Crippen LogP) is 6.19. The fraction of sp³-hybridized carbons (Fsp3) is 0.704. The number of rotatable bonds is 8. The van der Waals surface area contributed by atoms with E-state index in [9.17, 15) is 4.79 Å². The summed E-state index contributed by atoms with van der Waals surface area (Å²) in [7, 11) is 0. The largest absolute Gasteiger partial charge is 0.458 e. The second-order valence-corrected chi connectivity index (χ2v) is 11.0. The van der Waals surface area contributed by atoms with Crippen molar-refractivity contribution in [1.29, 1.82) is 0 Å². The van der Waals surface area contributed by atoms with Crippen molar-refractivity contribution in [1.82, 2.24) is 4.98 Å². The zero-order valence-corrected chi connectivity index (χ0v) is 21.4. The van der Waals surface area contributed by atoms with Crippen LogP contribution < -0.4 is 0 Å². The second-order valence-electron chi connectivity index (χ2n) is 11.0. The number of allylic oxidation sites excluding steroid dienone is 4. The van der Waals surface area contributed by atoms with Crippen LogP contribution in [0, 0.1) is 12.8 Å². The van der Waals surface area contributed by atoms with E-state index < -0.39 is 11.2 Å². The molecule has 33 heavy (non-hydrogen) atoms. The number of oxazole rings is 1. The number of ether oxygens (including phenoxy) is 3. The van der Waals surface area contributed by atoms with Crippen LogP contribution in [0.3, 0.4) is 0 Å². The molecular formula is C27H41NO5. The lowest BCUT2D eigenvalue weighted by atomic mass is 9.87. The summed E-state index contributed by atoms with van der Waals surface area (Å²) in [6.07, 6.45) is 11.7.